The van der Waals surface area contributed by atoms with E-state index < -0.39 is 0 Å². The number of allylic oxidation sites excluding steroid dienone is 2. The zero-order chi connectivity index (χ0) is 7.11. The summed E-state index contributed by atoms with van der Waals surface area (Å²) >= 11 is 0. The van der Waals surface area contributed by atoms with Gasteiger partial charge in [0.05, 0.1) is 0 Å². The summed E-state index contributed by atoms with van der Waals surface area (Å²) in [5.41, 5.74) is 0.645. The molecule has 0 atom stereocenters. The van der Waals surface area contributed by atoms with Crippen molar-refractivity contribution in [2.45, 2.75) is 33.1 Å². The van der Waals surface area contributed by atoms with Crippen molar-refractivity contribution in [2.75, 3.05) is 0 Å². The van der Waals surface area contributed by atoms with Crippen LogP contribution in [0.4, 0.5) is 0 Å². The summed E-state index contributed by atoms with van der Waals surface area (Å²) in [4.78, 5) is 0. The predicted octanol–water partition coefficient (Wildman–Crippen LogP) is 2.77. The van der Waals surface area contributed by atoms with Crippen LogP contribution in [0.2, 0.25) is 0 Å². The lowest BCUT2D eigenvalue weighted by Crippen LogP contribution is -1.77. The predicted molar refractivity (Wildman–Crippen MR) is 42.1 cm³/mol. The van der Waals surface area contributed by atoms with Crippen molar-refractivity contribution in [3.05, 3.63) is 12.2 Å². The van der Waals surface area contributed by atoms with Gasteiger partial charge in [-0.05, 0) is 19.4 Å². The van der Waals surface area contributed by atoms with Gasteiger partial charge in [0.2, 0.25) is 0 Å². The Balaban J connectivity index is 3.15. The van der Waals surface area contributed by atoms with Gasteiger partial charge in [-0.25, -0.2) is 0 Å². The fourth-order valence-corrected chi connectivity index (χ4v) is 0.582. The van der Waals surface area contributed by atoms with E-state index in [4.69, 9.17) is 5.41 Å². The summed E-state index contributed by atoms with van der Waals surface area (Å²) in [6, 6.07) is 0. The second-order valence-electron chi connectivity index (χ2n) is 2.23. The molecular formula is C8H15N. The van der Waals surface area contributed by atoms with Crippen molar-refractivity contribution in [3.8, 4) is 0 Å². The molecule has 0 aromatic rings. The molecule has 1 heteroatoms. The van der Waals surface area contributed by atoms with Crippen LogP contribution in [-0.2, 0) is 0 Å². The number of hydrogen-bond donors (Lipinski definition) is 1. The van der Waals surface area contributed by atoms with E-state index >= 15 is 0 Å². The van der Waals surface area contributed by atoms with Crippen molar-refractivity contribution < 1.29 is 0 Å². The number of unbranched alkanes of at least 4 members (excludes halogenated alkanes) is 2. The summed E-state index contributed by atoms with van der Waals surface area (Å²) in [5.74, 6) is 0. The third-order valence-corrected chi connectivity index (χ3v) is 1.09. The van der Waals surface area contributed by atoms with Gasteiger partial charge in [-0.15, -0.1) is 0 Å². The van der Waals surface area contributed by atoms with E-state index in [9.17, 15) is 0 Å². The highest BCUT2D eigenvalue weighted by Crippen LogP contribution is 1.94. The van der Waals surface area contributed by atoms with Gasteiger partial charge in [0.1, 0.15) is 0 Å². The van der Waals surface area contributed by atoms with E-state index in [-0.39, 0.29) is 0 Å². The van der Waals surface area contributed by atoms with Gasteiger partial charge >= 0.3 is 0 Å². The summed E-state index contributed by atoms with van der Waals surface area (Å²) in [6.45, 7) is 3.97. The molecule has 0 saturated carbocycles. The Bertz CT molecular complexity index is 103. The van der Waals surface area contributed by atoms with Crippen LogP contribution in [0.5, 0.6) is 0 Å². The van der Waals surface area contributed by atoms with Crippen molar-refractivity contribution in [2.24, 2.45) is 0 Å². The van der Waals surface area contributed by atoms with Gasteiger partial charge < -0.3 is 5.41 Å². The van der Waals surface area contributed by atoms with Crippen LogP contribution < -0.4 is 0 Å². The SMILES string of the molecule is CCCC/C=C\C(C)=N. The Labute approximate surface area is 57.3 Å². The van der Waals surface area contributed by atoms with Gasteiger partial charge in [-0.3, -0.25) is 0 Å². The first kappa shape index (κ1) is 8.41. The molecule has 1 nitrogen and oxygen atoms in total. The van der Waals surface area contributed by atoms with Crippen LogP contribution in [0.15, 0.2) is 12.2 Å². The maximum absolute atomic E-state index is 7.04. The Morgan fingerprint density at radius 1 is 1.56 bits per heavy atom. The lowest BCUT2D eigenvalue weighted by atomic mass is 10.2. The molecule has 0 aliphatic rings. The standard InChI is InChI=1S/C8H15N/c1-3-4-5-6-7-8(2)9/h6-7,9H,3-5H2,1-2H3/b7-6-,9-8?. The maximum atomic E-state index is 7.04. The van der Waals surface area contributed by atoms with Gasteiger partial charge in [0.25, 0.3) is 0 Å². The summed E-state index contributed by atoms with van der Waals surface area (Å²) in [6.07, 6.45) is 7.51. The fraction of sp³-hybridized carbons (Fsp3) is 0.625. The minimum absolute atomic E-state index is 0.645. The quantitative estimate of drug-likeness (QED) is 0.441. The molecule has 0 amide bonds. The van der Waals surface area contributed by atoms with Crippen LogP contribution in [0.3, 0.4) is 0 Å². The van der Waals surface area contributed by atoms with Gasteiger partial charge in [-0.2, -0.15) is 0 Å². The molecule has 0 bridgehead atoms. The van der Waals surface area contributed by atoms with Crippen LogP contribution in [0, 0.1) is 5.41 Å². The first-order valence-corrected chi connectivity index (χ1v) is 3.49. The Kier molecular flexibility index (Phi) is 5.18. The topological polar surface area (TPSA) is 23.9 Å². The monoisotopic (exact) mass is 125 g/mol. The Hall–Kier alpha value is -0.590. The lowest BCUT2D eigenvalue weighted by molar-refractivity contribution is 0.815. The van der Waals surface area contributed by atoms with Crippen LogP contribution in [0.25, 0.3) is 0 Å². The molecule has 0 spiro atoms. The van der Waals surface area contributed by atoms with Gasteiger partial charge in [-0.1, -0.05) is 25.8 Å². The first-order valence-electron chi connectivity index (χ1n) is 3.49. The summed E-state index contributed by atoms with van der Waals surface area (Å²) in [5, 5.41) is 7.04. The number of rotatable bonds is 4. The normalized spacial score (nSPS) is 10.4. The molecule has 0 aliphatic heterocycles. The highest BCUT2D eigenvalue weighted by molar-refractivity contribution is 5.89. The van der Waals surface area contributed by atoms with Crippen LogP contribution >= 0.6 is 0 Å². The van der Waals surface area contributed by atoms with Crippen molar-refractivity contribution in [1.29, 1.82) is 5.41 Å². The van der Waals surface area contributed by atoms with E-state index in [0.717, 1.165) is 6.42 Å². The average Bonchev–Trinajstić information content (AvgIpc) is 1.80. The molecule has 52 valence electrons. The van der Waals surface area contributed by atoms with Crippen molar-refractivity contribution >= 4 is 5.71 Å². The number of nitrogens with one attached hydrogen (secondary N) is 1. The largest absolute Gasteiger partial charge is 0.306 e. The summed E-state index contributed by atoms with van der Waals surface area (Å²) in [7, 11) is 0. The van der Waals surface area contributed by atoms with E-state index in [1.807, 2.05) is 6.08 Å². The first-order chi connectivity index (χ1) is 4.27. The highest BCUT2D eigenvalue weighted by Gasteiger charge is 1.77. The molecule has 0 aromatic carbocycles. The molecule has 0 saturated heterocycles. The van der Waals surface area contributed by atoms with Crippen LogP contribution in [-0.4, -0.2) is 5.71 Å². The molecule has 0 unspecified atom stereocenters. The minimum Gasteiger partial charge on any atom is -0.306 e. The second-order valence-corrected chi connectivity index (χ2v) is 2.23. The van der Waals surface area contributed by atoms with E-state index in [1.54, 1.807) is 6.92 Å². The molecule has 0 heterocycles. The van der Waals surface area contributed by atoms with Crippen molar-refractivity contribution in [3.63, 3.8) is 0 Å². The zero-order valence-electron chi connectivity index (χ0n) is 6.28. The Morgan fingerprint density at radius 2 is 2.22 bits per heavy atom. The van der Waals surface area contributed by atoms with Crippen LogP contribution in [0.1, 0.15) is 33.1 Å². The van der Waals surface area contributed by atoms with E-state index in [1.165, 1.54) is 12.8 Å². The third-order valence-electron chi connectivity index (χ3n) is 1.09. The van der Waals surface area contributed by atoms with Crippen molar-refractivity contribution in [1.82, 2.24) is 0 Å². The third kappa shape index (κ3) is 7.41. The molecular weight excluding hydrogens is 110 g/mol. The molecule has 0 fully saturated rings. The molecule has 0 radical (unpaired) electrons. The lowest BCUT2D eigenvalue weighted by Gasteiger charge is -1.86. The van der Waals surface area contributed by atoms with E-state index in [2.05, 4.69) is 13.0 Å². The molecule has 0 rings (SSSR count). The zero-order valence-corrected chi connectivity index (χ0v) is 6.28. The summed E-state index contributed by atoms with van der Waals surface area (Å²) < 4.78 is 0. The minimum atomic E-state index is 0.645. The van der Waals surface area contributed by atoms with Gasteiger partial charge in [0.15, 0.2) is 0 Å². The molecule has 9 heavy (non-hydrogen) atoms. The second kappa shape index (κ2) is 5.54. The fourth-order valence-electron chi connectivity index (χ4n) is 0.582. The number of hydrogen-bond acceptors (Lipinski definition) is 1. The van der Waals surface area contributed by atoms with E-state index in [0.29, 0.717) is 5.71 Å². The smallest absolute Gasteiger partial charge is 0.0279 e. The highest BCUT2D eigenvalue weighted by atomic mass is 14.4. The molecule has 0 aromatic heterocycles. The molecule has 0 aliphatic carbocycles. The Morgan fingerprint density at radius 3 is 2.67 bits per heavy atom. The average molecular weight is 125 g/mol. The maximum Gasteiger partial charge on any atom is 0.0279 e. The molecule has 1 N–H and O–H groups in total. The van der Waals surface area contributed by atoms with Gasteiger partial charge in [0, 0.05) is 5.71 Å².